The van der Waals surface area contributed by atoms with Crippen molar-refractivity contribution in [3.63, 3.8) is 0 Å². The van der Waals surface area contributed by atoms with Crippen molar-refractivity contribution in [3.8, 4) is 0 Å². The van der Waals surface area contributed by atoms with E-state index in [1.54, 1.807) is 39.0 Å². The van der Waals surface area contributed by atoms with Crippen LogP contribution in [0, 0.1) is 12.7 Å². The molecule has 30 heavy (non-hydrogen) atoms. The fourth-order valence-corrected chi connectivity index (χ4v) is 6.19. The lowest BCUT2D eigenvalue weighted by Gasteiger charge is -2.24. The Morgan fingerprint density at radius 1 is 1.20 bits per heavy atom. The van der Waals surface area contributed by atoms with Gasteiger partial charge in [0.2, 0.25) is 0 Å². The molecule has 3 atom stereocenters. The van der Waals surface area contributed by atoms with Gasteiger partial charge in [-0.3, -0.25) is 0 Å². The first-order valence-corrected chi connectivity index (χ1v) is 11.2. The Morgan fingerprint density at radius 3 is 2.37 bits per heavy atom. The summed E-state index contributed by atoms with van der Waals surface area (Å²) in [6, 6.07) is 12.2. The van der Waals surface area contributed by atoms with Gasteiger partial charge in [-0.1, -0.05) is 29.8 Å². The van der Waals surface area contributed by atoms with Gasteiger partial charge in [-0.2, -0.15) is 0 Å². The standard InChI is InChI=1S/C22H27FN2O4S/c1-14-8-10-17(11-9-14)30(27,28)19-18(15-6-5-7-16(23)12-15)22(19,13-24)25-20(26)29-21(2,3)4/h5-12,18-19H,13,24H2,1-4H3,(H,25,26)/t18-,19-,22-/m1/s1. The lowest BCUT2D eigenvalue weighted by Crippen LogP contribution is -2.49. The minimum absolute atomic E-state index is 0.126. The molecule has 1 aliphatic rings. The Labute approximate surface area is 176 Å². The van der Waals surface area contributed by atoms with Gasteiger partial charge < -0.3 is 15.8 Å². The first kappa shape index (κ1) is 22.2. The lowest BCUT2D eigenvalue weighted by molar-refractivity contribution is 0.0497. The highest BCUT2D eigenvalue weighted by molar-refractivity contribution is 7.92. The van der Waals surface area contributed by atoms with Crippen LogP contribution in [0.25, 0.3) is 0 Å². The Bertz CT molecular complexity index is 1050. The number of ether oxygens (including phenoxy) is 1. The van der Waals surface area contributed by atoms with Crippen molar-refractivity contribution in [2.45, 2.75) is 54.9 Å². The van der Waals surface area contributed by atoms with Crippen LogP contribution in [-0.2, 0) is 14.6 Å². The van der Waals surface area contributed by atoms with Gasteiger partial charge in [0.25, 0.3) is 0 Å². The highest BCUT2D eigenvalue weighted by atomic mass is 32.2. The Balaban J connectivity index is 2.05. The average molecular weight is 435 g/mol. The minimum atomic E-state index is -3.87. The van der Waals surface area contributed by atoms with Crippen LogP contribution in [0.1, 0.15) is 37.8 Å². The third kappa shape index (κ3) is 4.20. The number of aryl methyl sites for hydroxylation is 1. The van der Waals surface area contributed by atoms with Crippen LogP contribution in [0.4, 0.5) is 9.18 Å². The van der Waals surface area contributed by atoms with Gasteiger partial charge >= 0.3 is 6.09 Å². The quantitative estimate of drug-likeness (QED) is 0.752. The van der Waals surface area contributed by atoms with Gasteiger partial charge in [-0.25, -0.2) is 17.6 Å². The van der Waals surface area contributed by atoms with Crippen molar-refractivity contribution in [3.05, 3.63) is 65.5 Å². The number of hydrogen-bond acceptors (Lipinski definition) is 5. The average Bonchev–Trinajstić information content (AvgIpc) is 3.30. The van der Waals surface area contributed by atoms with Crippen molar-refractivity contribution in [1.29, 1.82) is 0 Å². The topological polar surface area (TPSA) is 98.5 Å². The molecule has 0 heterocycles. The molecule has 0 aromatic heterocycles. The molecule has 3 rings (SSSR count). The van der Waals surface area contributed by atoms with Gasteiger partial charge in [0.1, 0.15) is 16.7 Å². The predicted molar refractivity (Wildman–Crippen MR) is 112 cm³/mol. The van der Waals surface area contributed by atoms with Crippen LogP contribution in [0.2, 0.25) is 0 Å². The summed E-state index contributed by atoms with van der Waals surface area (Å²) in [5, 5.41) is 1.64. The van der Waals surface area contributed by atoms with Crippen LogP contribution < -0.4 is 11.1 Å². The first-order valence-electron chi connectivity index (χ1n) is 9.68. The summed E-state index contributed by atoms with van der Waals surface area (Å²) in [6.45, 7) is 6.83. The molecule has 0 bridgehead atoms. The molecule has 0 saturated heterocycles. The predicted octanol–water partition coefficient (Wildman–Crippen LogP) is 3.30. The second kappa shape index (κ2) is 7.67. The van der Waals surface area contributed by atoms with Crippen molar-refractivity contribution in [2.75, 3.05) is 6.54 Å². The maximum atomic E-state index is 13.9. The molecule has 0 aliphatic heterocycles. The summed E-state index contributed by atoms with van der Waals surface area (Å²) in [5.41, 5.74) is 5.31. The van der Waals surface area contributed by atoms with Gasteiger partial charge in [0.15, 0.2) is 9.84 Å². The molecular formula is C22H27FN2O4S. The Hall–Kier alpha value is -2.45. The molecule has 2 aromatic rings. The third-order valence-electron chi connectivity index (χ3n) is 5.22. The number of rotatable bonds is 5. The largest absolute Gasteiger partial charge is 0.444 e. The maximum absolute atomic E-state index is 13.9. The van der Waals surface area contributed by atoms with E-state index in [0.29, 0.717) is 5.56 Å². The van der Waals surface area contributed by atoms with E-state index in [4.69, 9.17) is 10.5 Å². The van der Waals surface area contributed by atoms with E-state index in [9.17, 15) is 17.6 Å². The second-order valence-electron chi connectivity index (χ2n) is 8.68. The Kier molecular flexibility index (Phi) is 5.68. The number of nitrogens with two attached hydrogens (primary N) is 1. The van der Waals surface area contributed by atoms with Gasteiger partial charge in [0, 0.05) is 12.5 Å². The summed E-state index contributed by atoms with van der Waals surface area (Å²) in [6.07, 6.45) is -0.768. The van der Waals surface area contributed by atoms with Gasteiger partial charge in [-0.15, -0.1) is 0 Å². The molecule has 2 aromatic carbocycles. The van der Waals surface area contributed by atoms with Crippen LogP contribution in [0.3, 0.4) is 0 Å². The molecule has 6 nitrogen and oxygen atoms in total. The number of alkyl carbamates (subject to hydrolysis) is 1. The summed E-state index contributed by atoms with van der Waals surface area (Å²) in [7, 11) is -3.87. The van der Waals surface area contributed by atoms with E-state index in [1.165, 1.54) is 30.3 Å². The lowest BCUT2D eigenvalue weighted by atomic mass is 10.1. The molecule has 8 heteroatoms. The first-order chi connectivity index (χ1) is 13.9. The number of amides is 1. The highest BCUT2D eigenvalue weighted by Gasteiger charge is 2.71. The number of nitrogens with one attached hydrogen (secondary N) is 1. The molecule has 1 amide bonds. The van der Waals surface area contributed by atoms with Crippen molar-refractivity contribution < 1.29 is 22.3 Å². The number of benzene rings is 2. The van der Waals surface area contributed by atoms with Crippen molar-refractivity contribution in [2.24, 2.45) is 5.73 Å². The fourth-order valence-electron chi connectivity index (χ4n) is 3.84. The molecular weight excluding hydrogens is 407 g/mol. The zero-order valence-corrected chi connectivity index (χ0v) is 18.3. The monoisotopic (exact) mass is 434 g/mol. The second-order valence-corrected chi connectivity index (χ2v) is 10.8. The summed E-state index contributed by atoms with van der Waals surface area (Å²) in [4.78, 5) is 12.6. The molecule has 1 fully saturated rings. The fraction of sp³-hybridized carbons (Fsp3) is 0.409. The maximum Gasteiger partial charge on any atom is 0.408 e. The Morgan fingerprint density at radius 2 is 1.83 bits per heavy atom. The molecule has 1 saturated carbocycles. The zero-order valence-electron chi connectivity index (χ0n) is 17.5. The summed E-state index contributed by atoms with van der Waals surface area (Å²) < 4.78 is 46.2. The number of sulfone groups is 1. The molecule has 0 unspecified atom stereocenters. The SMILES string of the molecule is Cc1ccc(S(=O)(=O)[C@@H]2[C@@H](c3cccc(F)c3)[C@@]2(CN)NC(=O)OC(C)(C)C)cc1. The van der Waals surface area contributed by atoms with E-state index in [0.717, 1.165) is 5.56 Å². The van der Waals surface area contributed by atoms with Gasteiger partial charge in [-0.05, 0) is 57.5 Å². The molecule has 1 aliphatic carbocycles. The zero-order chi connectivity index (χ0) is 22.3. The summed E-state index contributed by atoms with van der Waals surface area (Å²) in [5.74, 6) is -1.20. The highest BCUT2D eigenvalue weighted by Crippen LogP contribution is 2.57. The molecule has 3 N–H and O–H groups in total. The number of hydrogen-bond donors (Lipinski definition) is 2. The van der Waals surface area contributed by atoms with Crippen molar-refractivity contribution >= 4 is 15.9 Å². The van der Waals surface area contributed by atoms with E-state index < -0.39 is 44.1 Å². The van der Waals surface area contributed by atoms with E-state index in [1.807, 2.05) is 6.92 Å². The van der Waals surface area contributed by atoms with E-state index in [-0.39, 0.29) is 11.4 Å². The summed E-state index contributed by atoms with van der Waals surface area (Å²) >= 11 is 0. The molecule has 162 valence electrons. The number of halogens is 1. The van der Waals surface area contributed by atoms with Crippen molar-refractivity contribution in [1.82, 2.24) is 5.32 Å². The van der Waals surface area contributed by atoms with Crippen LogP contribution >= 0.6 is 0 Å². The minimum Gasteiger partial charge on any atom is -0.444 e. The smallest absolute Gasteiger partial charge is 0.408 e. The number of carbonyl (C=O) groups excluding carboxylic acids is 1. The normalized spacial score (nSPS) is 23.7. The molecule has 0 spiro atoms. The number of carbonyl (C=O) groups is 1. The third-order valence-corrected chi connectivity index (χ3v) is 7.51. The van der Waals surface area contributed by atoms with Gasteiger partial charge in [0.05, 0.1) is 10.4 Å². The van der Waals surface area contributed by atoms with Crippen LogP contribution in [0.15, 0.2) is 53.4 Å². The van der Waals surface area contributed by atoms with E-state index in [2.05, 4.69) is 5.32 Å². The molecule has 0 radical (unpaired) electrons. The van der Waals surface area contributed by atoms with Crippen LogP contribution in [-0.4, -0.2) is 37.4 Å². The van der Waals surface area contributed by atoms with Crippen LogP contribution in [0.5, 0.6) is 0 Å². The van der Waals surface area contributed by atoms with E-state index >= 15 is 0 Å².